The summed E-state index contributed by atoms with van der Waals surface area (Å²) in [6, 6.07) is 0.496. The van der Waals surface area contributed by atoms with Gasteiger partial charge in [0.05, 0.1) is 0 Å². The molecule has 1 aliphatic carbocycles. The maximum atomic E-state index is 12.2. The first-order valence-corrected chi connectivity index (χ1v) is 7.76. The van der Waals surface area contributed by atoms with Gasteiger partial charge in [0.15, 0.2) is 0 Å². The Labute approximate surface area is 118 Å². The van der Waals surface area contributed by atoms with E-state index in [-0.39, 0.29) is 23.9 Å². The van der Waals surface area contributed by atoms with Gasteiger partial charge in [0.1, 0.15) is 0 Å². The van der Waals surface area contributed by atoms with Crippen LogP contribution in [-0.2, 0) is 4.79 Å². The summed E-state index contributed by atoms with van der Waals surface area (Å²) in [7, 11) is 0. The largest absolute Gasteiger partial charge is 0.352 e. The van der Waals surface area contributed by atoms with Crippen molar-refractivity contribution in [2.24, 2.45) is 17.6 Å². The lowest BCUT2D eigenvalue weighted by molar-refractivity contribution is -0.127. The van der Waals surface area contributed by atoms with Crippen molar-refractivity contribution in [1.29, 1.82) is 0 Å². The second kappa shape index (κ2) is 7.85. The third kappa shape index (κ3) is 5.11. The van der Waals surface area contributed by atoms with E-state index in [1.165, 1.54) is 0 Å². The summed E-state index contributed by atoms with van der Waals surface area (Å²) in [4.78, 5) is 14.6. The van der Waals surface area contributed by atoms with E-state index in [0.717, 1.165) is 38.9 Å². The van der Waals surface area contributed by atoms with Crippen molar-refractivity contribution >= 4 is 5.91 Å². The molecule has 1 aliphatic rings. The topological polar surface area (TPSA) is 58.4 Å². The first kappa shape index (κ1) is 16.4. The Kier molecular flexibility index (Phi) is 6.80. The van der Waals surface area contributed by atoms with Crippen molar-refractivity contribution in [2.75, 3.05) is 19.6 Å². The molecule has 4 unspecified atom stereocenters. The zero-order chi connectivity index (χ0) is 14.4. The van der Waals surface area contributed by atoms with Gasteiger partial charge >= 0.3 is 0 Å². The van der Waals surface area contributed by atoms with Gasteiger partial charge < -0.3 is 16.0 Å². The fourth-order valence-corrected chi connectivity index (χ4v) is 2.93. The van der Waals surface area contributed by atoms with E-state index in [0.29, 0.717) is 5.92 Å². The highest BCUT2D eigenvalue weighted by Gasteiger charge is 2.29. The minimum atomic E-state index is 0.161. The lowest BCUT2D eigenvalue weighted by atomic mass is 9.79. The molecule has 1 fully saturated rings. The molecule has 0 heterocycles. The highest BCUT2D eigenvalue weighted by molar-refractivity contribution is 5.79. The Bertz CT molecular complexity index is 279. The summed E-state index contributed by atoms with van der Waals surface area (Å²) in [5, 5.41) is 3.16. The zero-order valence-corrected chi connectivity index (χ0v) is 13.0. The molecule has 112 valence electrons. The summed E-state index contributed by atoms with van der Waals surface area (Å²) < 4.78 is 0. The molecule has 0 bridgehead atoms. The fourth-order valence-electron chi connectivity index (χ4n) is 2.93. The minimum absolute atomic E-state index is 0.161. The van der Waals surface area contributed by atoms with Gasteiger partial charge in [-0.2, -0.15) is 0 Å². The molecule has 4 atom stereocenters. The predicted octanol–water partition coefficient (Wildman–Crippen LogP) is 1.60. The number of hydrogen-bond acceptors (Lipinski definition) is 3. The highest BCUT2D eigenvalue weighted by Crippen LogP contribution is 2.28. The molecule has 0 aromatic rings. The number of nitrogens with one attached hydrogen (secondary N) is 1. The first-order chi connectivity index (χ1) is 8.97. The van der Waals surface area contributed by atoms with Crippen LogP contribution in [0.4, 0.5) is 0 Å². The molecular weight excluding hydrogens is 238 g/mol. The Hall–Kier alpha value is -0.610. The van der Waals surface area contributed by atoms with Crippen LogP contribution in [0.2, 0.25) is 0 Å². The Morgan fingerprint density at radius 1 is 1.37 bits per heavy atom. The maximum Gasteiger partial charge on any atom is 0.223 e. The van der Waals surface area contributed by atoms with Crippen molar-refractivity contribution < 1.29 is 4.79 Å². The molecule has 1 rings (SSSR count). The van der Waals surface area contributed by atoms with E-state index in [4.69, 9.17) is 5.73 Å². The number of nitrogens with zero attached hydrogens (tertiary/aromatic N) is 1. The summed E-state index contributed by atoms with van der Waals surface area (Å²) >= 11 is 0. The van der Waals surface area contributed by atoms with Gasteiger partial charge in [0.2, 0.25) is 5.91 Å². The quantitative estimate of drug-likeness (QED) is 0.770. The normalized spacial score (nSPS) is 29.3. The molecular formula is C15H31N3O. The lowest BCUT2D eigenvalue weighted by Crippen LogP contribution is -2.46. The zero-order valence-electron chi connectivity index (χ0n) is 13.0. The second-order valence-electron chi connectivity index (χ2n) is 6.05. The van der Waals surface area contributed by atoms with Crippen molar-refractivity contribution in [2.45, 2.75) is 59.0 Å². The van der Waals surface area contributed by atoms with Gasteiger partial charge in [0.25, 0.3) is 0 Å². The third-order valence-electron chi connectivity index (χ3n) is 4.42. The molecule has 1 amide bonds. The van der Waals surface area contributed by atoms with Crippen molar-refractivity contribution in [3.8, 4) is 0 Å². The second-order valence-corrected chi connectivity index (χ2v) is 6.05. The van der Waals surface area contributed by atoms with Crippen LogP contribution in [0.5, 0.6) is 0 Å². The number of rotatable bonds is 6. The Morgan fingerprint density at radius 2 is 2.00 bits per heavy atom. The van der Waals surface area contributed by atoms with Crippen LogP contribution in [0, 0.1) is 11.8 Å². The third-order valence-corrected chi connectivity index (χ3v) is 4.42. The summed E-state index contributed by atoms with van der Waals surface area (Å²) in [5.41, 5.74) is 6.01. The molecule has 0 aliphatic heterocycles. The maximum absolute atomic E-state index is 12.2. The average molecular weight is 269 g/mol. The number of hydrogen-bond donors (Lipinski definition) is 2. The van der Waals surface area contributed by atoms with Gasteiger partial charge in [-0.05, 0) is 45.2 Å². The van der Waals surface area contributed by atoms with Crippen LogP contribution in [0.25, 0.3) is 0 Å². The Morgan fingerprint density at radius 3 is 2.53 bits per heavy atom. The molecule has 0 spiro atoms. The van der Waals surface area contributed by atoms with E-state index in [9.17, 15) is 4.79 Å². The van der Waals surface area contributed by atoms with Crippen molar-refractivity contribution in [3.05, 3.63) is 0 Å². The minimum Gasteiger partial charge on any atom is -0.352 e. The molecule has 4 heteroatoms. The van der Waals surface area contributed by atoms with Gasteiger partial charge in [-0.1, -0.05) is 20.8 Å². The highest BCUT2D eigenvalue weighted by atomic mass is 16.1. The number of nitrogens with two attached hydrogens (primary N) is 1. The predicted molar refractivity (Wildman–Crippen MR) is 79.9 cm³/mol. The van der Waals surface area contributed by atoms with Gasteiger partial charge in [0, 0.05) is 24.5 Å². The van der Waals surface area contributed by atoms with Crippen molar-refractivity contribution in [1.82, 2.24) is 10.2 Å². The molecule has 3 N–H and O–H groups in total. The average Bonchev–Trinajstić information content (AvgIpc) is 2.38. The van der Waals surface area contributed by atoms with Crippen LogP contribution >= 0.6 is 0 Å². The lowest BCUT2D eigenvalue weighted by Gasteiger charge is -2.32. The number of carbonyl (C=O) groups excluding carboxylic acids is 1. The molecule has 0 radical (unpaired) electrons. The molecule has 0 saturated heterocycles. The molecule has 0 aromatic heterocycles. The summed E-state index contributed by atoms with van der Waals surface area (Å²) in [6.07, 6.45) is 2.85. The number of carbonyl (C=O) groups is 1. The number of amides is 1. The van der Waals surface area contributed by atoms with Crippen molar-refractivity contribution in [3.63, 3.8) is 0 Å². The van der Waals surface area contributed by atoms with Crippen LogP contribution in [-0.4, -0.2) is 42.5 Å². The van der Waals surface area contributed by atoms with E-state index in [1.54, 1.807) is 0 Å². The standard InChI is InChI=1S/C15H31N3O/c1-5-18(6-2)10-12(4)17-15(19)13-7-8-14(16)11(3)9-13/h11-14H,5-10,16H2,1-4H3,(H,17,19). The van der Waals surface area contributed by atoms with E-state index >= 15 is 0 Å². The summed E-state index contributed by atoms with van der Waals surface area (Å²) in [6.45, 7) is 11.6. The smallest absolute Gasteiger partial charge is 0.223 e. The SMILES string of the molecule is CCN(CC)CC(C)NC(=O)C1CCC(N)C(C)C1. The van der Waals surface area contributed by atoms with Crippen LogP contribution in [0.15, 0.2) is 0 Å². The summed E-state index contributed by atoms with van der Waals surface area (Å²) in [5.74, 6) is 0.843. The van der Waals surface area contributed by atoms with Crippen LogP contribution in [0.1, 0.15) is 47.0 Å². The fraction of sp³-hybridized carbons (Fsp3) is 0.933. The van der Waals surface area contributed by atoms with Gasteiger partial charge in [-0.3, -0.25) is 4.79 Å². The van der Waals surface area contributed by atoms with Gasteiger partial charge in [-0.25, -0.2) is 0 Å². The molecule has 4 nitrogen and oxygen atoms in total. The number of likely N-dealkylation sites (N-methyl/N-ethyl adjacent to an activating group) is 1. The van der Waals surface area contributed by atoms with E-state index in [2.05, 4.69) is 37.9 Å². The molecule has 1 saturated carbocycles. The van der Waals surface area contributed by atoms with E-state index in [1.807, 2.05) is 0 Å². The molecule has 19 heavy (non-hydrogen) atoms. The molecule has 0 aromatic carbocycles. The monoisotopic (exact) mass is 269 g/mol. The van der Waals surface area contributed by atoms with E-state index < -0.39 is 0 Å². The Balaban J connectivity index is 2.37. The van der Waals surface area contributed by atoms with Crippen LogP contribution in [0.3, 0.4) is 0 Å². The first-order valence-electron chi connectivity index (χ1n) is 7.76. The van der Waals surface area contributed by atoms with Crippen LogP contribution < -0.4 is 11.1 Å². The van der Waals surface area contributed by atoms with Gasteiger partial charge in [-0.15, -0.1) is 0 Å².